The molecule has 0 aliphatic heterocycles. The number of rotatable bonds is 5. The number of nitrogens with two attached hydrogens (primary N) is 1. The van der Waals surface area contributed by atoms with Crippen molar-refractivity contribution in [2.75, 3.05) is 5.32 Å². The smallest absolute Gasteiger partial charge is 0.193 e. The second-order valence-corrected chi connectivity index (χ2v) is 6.20. The summed E-state index contributed by atoms with van der Waals surface area (Å²) in [5, 5.41) is 13.2. The standard InChI is InChI=1S/C15H21N5S.HI/c1-4-13-19-20-14(21-13)9-17-15(16)18-12-7-5-6-11(8-12)10(2)3;/h5-8,10H,4,9H2,1-3H3,(H3,16,17,18);1H. The number of hydrogen-bond acceptors (Lipinski definition) is 4. The number of nitrogens with zero attached hydrogens (tertiary/aromatic N) is 3. The predicted octanol–water partition coefficient (Wildman–Crippen LogP) is 3.77. The number of hydrogen-bond donors (Lipinski definition) is 2. The fourth-order valence-electron chi connectivity index (χ4n) is 1.81. The highest BCUT2D eigenvalue weighted by atomic mass is 127. The van der Waals surface area contributed by atoms with E-state index in [2.05, 4.69) is 53.4 Å². The summed E-state index contributed by atoms with van der Waals surface area (Å²) >= 11 is 1.57. The van der Waals surface area contributed by atoms with Crippen LogP contribution in [0.4, 0.5) is 5.69 Å². The van der Waals surface area contributed by atoms with Crippen LogP contribution in [0.25, 0.3) is 0 Å². The summed E-state index contributed by atoms with van der Waals surface area (Å²) in [7, 11) is 0. The first-order valence-corrected chi connectivity index (χ1v) is 7.88. The van der Waals surface area contributed by atoms with Crippen molar-refractivity contribution in [3.8, 4) is 0 Å². The van der Waals surface area contributed by atoms with Gasteiger partial charge in [0.1, 0.15) is 10.0 Å². The average Bonchev–Trinajstić information content (AvgIpc) is 2.93. The molecule has 0 fully saturated rings. The molecule has 1 aromatic heterocycles. The summed E-state index contributed by atoms with van der Waals surface area (Å²) in [6, 6.07) is 8.20. The molecule has 120 valence electrons. The molecule has 0 aliphatic rings. The molecular formula is C15H22IN5S. The molecule has 0 aliphatic carbocycles. The normalized spacial score (nSPS) is 11.4. The third kappa shape index (κ3) is 5.53. The third-order valence-electron chi connectivity index (χ3n) is 3.02. The van der Waals surface area contributed by atoms with Crippen LogP contribution >= 0.6 is 35.3 Å². The van der Waals surface area contributed by atoms with Crippen molar-refractivity contribution in [2.45, 2.75) is 39.7 Å². The summed E-state index contributed by atoms with van der Waals surface area (Å²) in [6.07, 6.45) is 0.900. The fourth-order valence-corrected chi connectivity index (χ4v) is 2.52. The number of aryl methyl sites for hydroxylation is 1. The molecule has 2 rings (SSSR count). The van der Waals surface area contributed by atoms with E-state index in [9.17, 15) is 0 Å². The Hall–Kier alpha value is -1.22. The van der Waals surface area contributed by atoms with Gasteiger partial charge in [-0.15, -0.1) is 34.2 Å². The minimum Gasteiger partial charge on any atom is -0.370 e. The molecule has 0 atom stereocenters. The van der Waals surface area contributed by atoms with Crippen molar-refractivity contribution >= 4 is 47.0 Å². The second kappa shape index (κ2) is 9.04. The van der Waals surface area contributed by atoms with Crippen molar-refractivity contribution in [1.82, 2.24) is 10.2 Å². The predicted molar refractivity (Wildman–Crippen MR) is 104 cm³/mol. The Morgan fingerprint density at radius 3 is 2.68 bits per heavy atom. The lowest BCUT2D eigenvalue weighted by molar-refractivity contribution is 0.867. The lowest BCUT2D eigenvalue weighted by Crippen LogP contribution is -2.22. The van der Waals surface area contributed by atoms with E-state index in [0.717, 1.165) is 22.1 Å². The van der Waals surface area contributed by atoms with E-state index in [1.165, 1.54) is 5.56 Å². The zero-order valence-corrected chi connectivity index (χ0v) is 16.2. The molecule has 1 heterocycles. The molecule has 0 bridgehead atoms. The highest BCUT2D eigenvalue weighted by Gasteiger charge is 2.03. The van der Waals surface area contributed by atoms with Crippen LogP contribution < -0.4 is 11.1 Å². The van der Waals surface area contributed by atoms with E-state index >= 15 is 0 Å². The highest BCUT2D eigenvalue weighted by molar-refractivity contribution is 14.0. The minimum atomic E-state index is 0. The van der Waals surface area contributed by atoms with Crippen LogP contribution in [0, 0.1) is 0 Å². The summed E-state index contributed by atoms with van der Waals surface area (Å²) in [5.74, 6) is 0.878. The van der Waals surface area contributed by atoms with Crippen molar-refractivity contribution in [3.63, 3.8) is 0 Å². The van der Waals surface area contributed by atoms with Crippen LogP contribution in [-0.4, -0.2) is 16.2 Å². The average molecular weight is 431 g/mol. The van der Waals surface area contributed by atoms with Gasteiger partial charge in [-0.3, -0.25) is 0 Å². The zero-order valence-electron chi connectivity index (χ0n) is 13.0. The summed E-state index contributed by atoms with van der Waals surface area (Å²) in [5.41, 5.74) is 8.14. The SMILES string of the molecule is CCc1nnc(CN=C(N)Nc2cccc(C(C)C)c2)s1.I. The largest absolute Gasteiger partial charge is 0.370 e. The van der Waals surface area contributed by atoms with Crippen molar-refractivity contribution < 1.29 is 0 Å². The van der Waals surface area contributed by atoms with E-state index in [1.54, 1.807) is 11.3 Å². The number of benzene rings is 1. The molecule has 3 N–H and O–H groups in total. The molecule has 0 saturated carbocycles. The Morgan fingerprint density at radius 1 is 1.32 bits per heavy atom. The zero-order chi connectivity index (χ0) is 15.2. The van der Waals surface area contributed by atoms with E-state index in [4.69, 9.17) is 5.73 Å². The number of guanidine groups is 1. The molecule has 0 saturated heterocycles. The van der Waals surface area contributed by atoms with E-state index < -0.39 is 0 Å². The van der Waals surface area contributed by atoms with Gasteiger partial charge in [-0.2, -0.15) is 0 Å². The lowest BCUT2D eigenvalue weighted by atomic mass is 10.0. The molecule has 22 heavy (non-hydrogen) atoms. The molecule has 7 heteroatoms. The van der Waals surface area contributed by atoms with Gasteiger partial charge in [0.15, 0.2) is 5.96 Å². The third-order valence-corrected chi connectivity index (χ3v) is 4.07. The van der Waals surface area contributed by atoms with Gasteiger partial charge in [0.25, 0.3) is 0 Å². The van der Waals surface area contributed by atoms with E-state index in [1.807, 2.05) is 12.1 Å². The minimum absolute atomic E-state index is 0. The molecule has 5 nitrogen and oxygen atoms in total. The Balaban J connectivity index is 0.00000242. The van der Waals surface area contributed by atoms with Crippen molar-refractivity contribution in [1.29, 1.82) is 0 Å². The van der Waals surface area contributed by atoms with Gasteiger partial charge < -0.3 is 11.1 Å². The first-order chi connectivity index (χ1) is 10.1. The Labute approximate surface area is 152 Å². The van der Waals surface area contributed by atoms with Gasteiger partial charge in [-0.1, -0.05) is 44.2 Å². The van der Waals surface area contributed by atoms with Gasteiger partial charge in [-0.25, -0.2) is 4.99 Å². The van der Waals surface area contributed by atoms with Crippen LogP contribution in [0.1, 0.15) is 42.3 Å². The van der Waals surface area contributed by atoms with Gasteiger partial charge in [0, 0.05) is 5.69 Å². The number of halogens is 1. The van der Waals surface area contributed by atoms with Crippen LogP contribution in [-0.2, 0) is 13.0 Å². The Bertz CT molecular complexity index is 624. The van der Waals surface area contributed by atoms with Crippen LogP contribution in [0.15, 0.2) is 29.3 Å². The molecule has 1 aromatic carbocycles. The van der Waals surface area contributed by atoms with E-state index in [-0.39, 0.29) is 24.0 Å². The molecule has 0 unspecified atom stereocenters. The Kier molecular flexibility index (Phi) is 7.74. The lowest BCUT2D eigenvalue weighted by Gasteiger charge is -2.09. The molecular weight excluding hydrogens is 409 g/mol. The van der Waals surface area contributed by atoms with Gasteiger partial charge in [0.2, 0.25) is 0 Å². The van der Waals surface area contributed by atoms with Crippen molar-refractivity contribution in [2.24, 2.45) is 10.7 Å². The van der Waals surface area contributed by atoms with Crippen molar-refractivity contribution in [3.05, 3.63) is 39.8 Å². The maximum Gasteiger partial charge on any atom is 0.193 e. The summed E-state index contributed by atoms with van der Waals surface area (Å²) in [6.45, 7) is 6.85. The Morgan fingerprint density at radius 2 is 2.05 bits per heavy atom. The van der Waals surface area contributed by atoms with E-state index in [0.29, 0.717) is 18.4 Å². The number of anilines is 1. The highest BCUT2D eigenvalue weighted by Crippen LogP contribution is 2.18. The quantitative estimate of drug-likeness (QED) is 0.429. The van der Waals surface area contributed by atoms with Crippen LogP contribution in [0.3, 0.4) is 0 Å². The molecule has 0 amide bonds. The second-order valence-electron chi connectivity index (χ2n) is 5.05. The number of aliphatic imine (C=N–C) groups is 1. The van der Waals surface area contributed by atoms with Gasteiger partial charge in [-0.05, 0) is 30.0 Å². The molecule has 0 radical (unpaired) electrons. The maximum absolute atomic E-state index is 5.91. The van der Waals surface area contributed by atoms with Gasteiger partial charge in [0.05, 0.1) is 6.54 Å². The number of aromatic nitrogens is 2. The van der Waals surface area contributed by atoms with Gasteiger partial charge >= 0.3 is 0 Å². The fraction of sp³-hybridized carbons (Fsp3) is 0.400. The maximum atomic E-state index is 5.91. The first kappa shape index (κ1) is 18.8. The summed E-state index contributed by atoms with van der Waals surface area (Å²) < 4.78 is 0. The molecule has 2 aromatic rings. The van der Waals surface area contributed by atoms with Crippen LogP contribution in [0.5, 0.6) is 0 Å². The topological polar surface area (TPSA) is 76.2 Å². The first-order valence-electron chi connectivity index (χ1n) is 7.06. The van der Waals surface area contributed by atoms with Crippen LogP contribution in [0.2, 0.25) is 0 Å². The number of nitrogens with one attached hydrogen (secondary N) is 1. The molecule has 0 spiro atoms. The monoisotopic (exact) mass is 431 g/mol. The summed E-state index contributed by atoms with van der Waals surface area (Å²) in [4.78, 5) is 4.30.